The number of rotatable bonds is 1. The average molecular weight is 342 g/mol. The lowest BCUT2D eigenvalue weighted by molar-refractivity contribution is 0.0898. The molecule has 1 aromatic rings. The highest BCUT2D eigenvalue weighted by molar-refractivity contribution is 5.57. The second-order valence-electron chi connectivity index (χ2n) is 9.23. The molecule has 2 spiro atoms. The third kappa shape index (κ3) is 2.46. The molecule has 2 saturated heterocycles. The topological polar surface area (TPSA) is 58.3 Å². The highest BCUT2D eigenvalue weighted by Gasteiger charge is 2.47. The number of fused-ring (bicyclic) bond motifs is 2. The van der Waals surface area contributed by atoms with Crippen LogP contribution in [0.15, 0.2) is 0 Å². The smallest absolute Gasteiger partial charge is 0.222 e. The second-order valence-corrected chi connectivity index (χ2v) is 9.23. The van der Waals surface area contributed by atoms with Gasteiger partial charge in [0.25, 0.3) is 0 Å². The molecule has 0 unspecified atom stereocenters. The molecule has 3 heterocycles. The number of piperidine rings is 1. The Morgan fingerprint density at radius 1 is 0.920 bits per heavy atom. The molecule has 2 N–H and O–H groups in total. The van der Waals surface area contributed by atoms with Gasteiger partial charge < -0.3 is 15.5 Å². The monoisotopic (exact) mass is 341 g/mol. The first-order valence-corrected chi connectivity index (χ1v) is 10.2. The molecule has 136 valence electrons. The van der Waals surface area contributed by atoms with Gasteiger partial charge in [0.15, 0.2) is 0 Å². The maximum Gasteiger partial charge on any atom is 0.222 e. The minimum atomic E-state index is 0.315. The van der Waals surface area contributed by atoms with Gasteiger partial charge in [-0.25, -0.2) is 4.98 Å². The van der Waals surface area contributed by atoms with Gasteiger partial charge in [-0.1, -0.05) is 12.8 Å². The Bertz CT molecular complexity index is 663. The van der Waals surface area contributed by atoms with Crippen molar-refractivity contribution in [2.24, 2.45) is 5.41 Å². The molecule has 1 aromatic heterocycles. The molecule has 2 aliphatic heterocycles. The van der Waals surface area contributed by atoms with Gasteiger partial charge in [-0.05, 0) is 65.1 Å². The molecular formula is C20H31N5. The molecule has 5 heteroatoms. The Hall–Kier alpha value is -1.36. The summed E-state index contributed by atoms with van der Waals surface area (Å²) in [6.45, 7) is 4.80. The molecule has 4 aliphatic rings. The Morgan fingerprint density at radius 2 is 1.60 bits per heavy atom. The number of anilines is 2. The van der Waals surface area contributed by atoms with Crippen LogP contribution in [0, 0.1) is 5.41 Å². The van der Waals surface area contributed by atoms with Gasteiger partial charge in [0.05, 0.1) is 5.69 Å². The molecule has 0 atom stereocenters. The highest BCUT2D eigenvalue weighted by atomic mass is 15.3. The number of nitrogens with zero attached hydrogens (tertiary/aromatic N) is 4. The van der Waals surface area contributed by atoms with Crippen molar-refractivity contribution in [3.63, 3.8) is 0 Å². The standard InChI is InChI=1S/C20H31N5/c1-24-11-9-19(10-12-24)13-25(14-19)17-15-5-4-8-20(6-2-3-7-20)16(15)22-18(21)23-17/h2-14H2,1H3,(H2,21,22,23). The Kier molecular flexibility index (Phi) is 3.53. The fourth-order valence-electron chi connectivity index (χ4n) is 6.00. The first kappa shape index (κ1) is 15.9. The van der Waals surface area contributed by atoms with Gasteiger partial charge in [-0.3, -0.25) is 0 Å². The van der Waals surface area contributed by atoms with Crippen LogP contribution in [0.5, 0.6) is 0 Å². The van der Waals surface area contributed by atoms with Crippen molar-refractivity contribution in [3.05, 3.63) is 11.3 Å². The maximum atomic E-state index is 6.18. The van der Waals surface area contributed by atoms with E-state index < -0.39 is 0 Å². The summed E-state index contributed by atoms with van der Waals surface area (Å²) in [6, 6.07) is 0. The third-order valence-electron chi connectivity index (χ3n) is 7.55. The summed E-state index contributed by atoms with van der Waals surface area (Å²) in [4.78, 5) is 14.5. The number of aromatic nitrogens is 2. The summed E-state index contributed by atoms with van der Waals surface area (Å²) in [5.41, 5.74) is 9.78. The number of likely N-dealkylation sites (tertiary alicyclic amines) is 1. The first-order valence-electron chi connectivity index (χ1n) is 10.2. The normalized spacial score (nSPS) is 27.5. The summed E-state index contributed by atoms with van der Waals surface area (Å²) in [6.07, 6.45) is 11.7. The molecule has 3 fully saturated rings. The molecule has 0 amide bonds. The van der Waals surface area contributed by atoms with Gasteiger partial charge >= 0.3 is 0 Å². The van der Waals surface area contributed by atoms with Crippen molar-refractivity contribution in [2.75, 3.05) is 43.9 Å². The van der Waals surface area contributed by atoms with Crippen molar-refractivity contribution < 1.29 is 0 Å². The lowest BCUT2D eigenvalue weighted by Crippen LogP contribution is -2.60. The van der Waals surface area contributed by atoms with Crippen LogP contribution in [-0.2, 0) is 11.8 Å². The van der Waals surface area contributed by atoms with E-state index in [-0.39, 0.29) is 0 Å². The van der Waals surface area contributed by atoms with Crippen molar-refractivity contribution in [1.29, 1.82) is 0 Å². The molecule has 1 saturated carbocycles. The van der Waals surface area contributed by atoms with Crippen LogP contribution < -0.4 is 10.6 Å². The highest BCUT2D eigenvalue weighted by Crippen LogP contribution is 2.51. The van der Waals surface area contributed by atoms with Crippen LogP contribution >= 0.6 is 0 Å². The molecule has 0 bridgehead atoms. The summed E-state index contributed by atoms with van der Waals surface area (Å²) >= 11 is 0. The summed E-state index contributed by atoms with van der Waals surface area (Å²) in [5.74, 6) is 1.67. The molecule has 0 aromatic carbocycles. The average Bonchev–Trinajstić information content (AvgIpc) is 3.03. The molecular weight excluding hydrogens is 310 g/mol. The summed E-state index contributed by atoms with van der Waals surface area (Å²) in [7, 11) is 2.24. The van der Waals surface area contributed by atoms with E-state index in [1.165, 1.54) is 81.5 Å². The van der Waals surface area contributed by atoms with Crippen LogP contribution in [0.4, 0.5) is 11.8 Å². The van der Waals surface area contributed by atoms with Crippen LogP contribution in [0.2, 0.25) is 0 Å². The Morgan fingerprint density at radius 3 is 2.32 bits per heavy atom. The van der Waals surface area contributed by atoms with E-state index in [1.54, 1.807) is 0 Å². The van der Waals surface area contributed by atoms with Crippen molar-refractivity contribution in [1.82, 2.24) is 14.9 Å². The van der Waals surface area contributed by atoms with Gasteiger partial charge in [0.1, 0.15) is 5.82 Å². The largest absolute Gasteiger partial charge is 0.368 e. The third-order valence-corrected chi connectivity index (χ3v) is 7.55. The van der Waals surface area contributed by atoms with Crippen molar-refractivity contribution in [2.45, 2.75) is 63.2 Å². The van der Waals surface area contributed by atoms with E-state index in [0.29, 0.717) is 16.8 Å². The summed E-state index contributed by atoms with van der Waals surface area (Å²) in [5, 5.41) is 0. The lowest BCUT2D eigenvalue weighted by atomic mass is 9.70. The number of hydrogen-bond donors (Lipinski definition) is 1. The zero-order valence-corrected chi connectivity index (χ0v) is 15.6. The first-order chi connectivity index (χ1) is 12.1. The minimum absolute atomic E-state index is 0.315. The second kappa shape index (κ2) is 5.57. The van der Waals surface area contributed by atoms with E-state index in [0.717, 1.165) is 19.5 Å². The van der Waals surface area contributed by atoms with Crippen molar-refractivity contribution >= 4 is 11.8 Å². The van der Waals surface area contributed by atoms with Gasteiger partial charge in [-0.15, -0.1) is 0 Å². The predicted octanol–water partition coefficient (Wildman–Crippen LogP) is 2.74. The SMILES string of the molecule is CN1CCC2(CC1)CN(c1nc(N)nc3c1CCCC31CCCC1)C2. The Labute approximate surface area is 151 Å². The van der Waals surface area contributed by atoms with E-state index in [9.17, 15) is 0 Å². The van der Waals surface area contributed by atoms with E-state index in [4.69, 9.17) is 15.7 Å². The predicted molar refractivity (Wildman–Crippen MR) is 101 cm³/mol. The molecule has 5 rings (SSSR count). The molecule has 25 heavy (non-hydrogen) atoms. The fraction of sp³-hybridized carbons (Fsp3) is 0.800. The fourth-order valence-corrected chi connectivity index (χ4v) is 6.00. The number of nitrogens with two attached hydrogens (primary N) is 1. The zero-order chi connectivity index (χ0) is 17.1. The molecule has 2 aliphatic carbocycles. The van der Waals surface area contributed by atoms with Gasteiger partial charge in [0.2, 0.25) is 5.95 Å². The maximum absolute atomic E-state index is 6.18. The van der Waals surface area contributed by atoms with Crippen LogP contribution in [-0.4, -0.2) is 48.1 Å². The molecule has 0 radical (unpaired) electrons. The van der Waals surface area contributed by atoms with Crippen LogP contribution in [0.25, 0.3) is 0 Å². The zero-order valence-electron chi connectivity index (χ0n) is 15.6. The van der Waals surface area contributed by atoms with Crippen LogP contribution in [0.1, 0.15) is 62.6 Å². The lowest BCUT2D eigenvalue weighted by Gasteiger charge is -2.55. The minimum Gasteiger partial charge on any atom is -0.368 e. The van der Waals surface area contributed by atoms with Gasteiger partial charge in [-0.2, -0.15) is 4.98 Å². The van der Waals surface area contributed by atoms with E-state index in [1.807, 2.05) is 0 Å². The summed E-state index contributed by atoms with van der Waals surface area (Å²) < 4.78 is 0. The van der Waals surface area contributed by atoms with E-state index in [2.05, 4.69) is 16.8 Å². The molecule has 5 nitrogen and oxygen atoms in total. The quantitative estimate of drug-likeness (QED) is 0.851. The van der Waals surface area contributed by atoms with Gasteiger partial charge in [0, 0.05) is 29.5 Å². The Balaban J connectivity index is 1.45. The number of nitrogen functional groups attached to an aromatic ring is 1. The number of hydrogen-bond acceptors (Lipinski definition) is 5. The van der Waals surface area contributed by atoms with Crippen molar-refractivity contribution in [3.8, 4) is 0 Å². The van der Waals surface area contributed by atoms with E-state index >= 15 is 0 Å². The van der Waals surface area contributed by atoms with Crippen LogP contribution in [0.3, 0.4) is 0 Å².